The Kier molecular flexibility index (Phi) is 7.19. The number of nitrogens with zero attached hydrogens (tertiary/aromatic N) is 1. The van der Waals surface area contributed by atoms with Crippen molar-refractivity contribution >= 4 is 23.2 Å². The first kappa shape index (κ1) is 19.8. The van der Waals surface area contributed by atoms with E-state index in [0.717, 1.165) is 61.5 Å². The van der Waals surface area contributed by atoms with Crippen molar-refractivity contribution in [1.29, 1.82) is 0 Å². The zero-order valence-electron chi connectivity index (χ0n) is 15.4. The predicted octanol–water partition coefficient (Wildman–Crippen LogP) is 7.14. The molecular formula is C22H23Cl2NO2. The molecule has 0 radical (unpaired) electrons. The van der Waals surface area contributed by atoms with Crippen molar-refractivity contribution in [1.82, 2.24) is 4.98 Å². The number of halogens is 2. The Labute approximate surface area is 170 Å². The first-order valence-corrected chi connectivity index (χ1v) is 9.98. The molecule has 3 aromatic rings. The molecule has 0 N–H and O–H groups in total. The van der Waals surface area contributed by atoms with E-state index < -0.39 is 0 Å². The maximum absolute atomic E-state index is 5.98. The van der Waals surface area contributed by atoms with Crippen LogP contribution in [-0.4, -0.2) is 11.6 Å². The maximum Gasteiger partial charge on any atom is 0.292 e. The van der Waals surface area contributed by atoms with Crippen LogP contribution in [0.1, 0.15) is 37.0 Å². The van der Waals surface area contributed by atoms with E-state index in [-0.39, 0.29) is 5.35 Å². The third kappa shape index (κ3) is 5.75. The Bertz CT molecular complexity index is 859. The van der Waals surface area contributed by atoms with E-state index in [4.69, 9.17) is 32.4 Å². The van der Waals surface area contributed by atoms with Crippen molar-refractivity contribution in [3.05, 3.63) is 70.2 Å². The Morgan fingerprint density at radius 3 is 2.44 bits per heavy atom. The molecule has 0 spiro atoms. The Balaban J connectivity index is 1.42. The number of oxazole rings is 1. The first-order valence-electron chi connectivity index (χ1n) is 9.23. The molecule has 5 heteroatoms. The minimum absolute atomic E-state index is 0.182. The first-order chi connectivity index (χ1) is 13.1. The predicted molar refractivity (Wildman–Crippen MR) is 111 cm³/mol. The molecule has 0 amide bonds. The SMILES string of the molecule is Cc1ccccc1OCCCCCCc1oc(Cl)nc1-c1ccc(Cl)cc1. The summed E-state index contributed by atoms with van der Waals surface area (Å²) in [5.74, 6) is 1.81. The molecule has 0 bridgehead atoms. The summed E-state index contributed by atoms with van der Waals surface area (Å²) in [4.78, 5) is 4.32. The lowest BCUT2D eigenvalue weighted by molar-refractivity contribution is 0.302. The molecule has 0 aliphatic rings. The van der Waals surface area contributed by atoms with Gasteiger partial charge in [0.1, 0.15) is 17.2 Å². The van der Waals surface area contributed by atoms with E-state index in [2.05, 4.69) is 18.0 Å². The third-order valence-corrected chi connectivity index (χ3v) is 4.85. The van der Waals surface area contributed by atoms with Gasteiger partial charge in [0, 0.05) is 17.0 Å². The van der Waals surface area contributed by atoms with Crippen molar-refractivity contribution in [2.75, 3.05) is 6.61 Å². The lowest BCUT2D eigenvalue weighted by Crippen LogP contribution is -1.98. The van der Waals surface area contributed by atoms with E-state index >= 15 is 0 Å². The molecule has 142 valence electrons. The van der Waals surface area contributed by atoms with Crippen LogP contribution in [0.3, 0.4) is 0 Å². The standard InChI is InChI=1S/C22H23Cl2NO2/c1-16-8-5-6-9-19(16)26-15-7-3-2-4-10-20-21(25-22(24)27-20)17-11-13-18(23)14-12-17/h5-6,8-9,11-14H,2-4,7,10,15H2,1H3. The zero-order valence-corrected chi connectivity index (χ0v) is 16.9. The fraction of sp³-hybridized carbons (Fsp3) is 0.318. The summed E-state index contributed by atoms with van der Waals surface area (Å²) in [5.41, 5.74) is 2.95. The summed E-state index contributed by atoms with van der Waals surface area (Å²) in [5, 5.41) is 0.879. The molecule has 0 atom stereocenters. The number of hydrogen-bond donors (Lipinski definition) is 0. The lowest BCUT2D eigenvalue weighted by Gasteiger charge is -2.08. The van der Waals surface area contributed by atoms with Gasteiger partial charge in [-0.2, -0.15) is 4.98 Å². The number of aryl methyl sites for hydroxylation is 2. The number of aromatic nitrogens is 1. The number of hydrogen-bond acceptors (Lipinski definition) is 3. The summed E-state index contributed by atoms with van der Waals surface area (Å²) in [7, 11) is 0. The highest BCUT2D eigenvalue weighted by Crippen LogP contribution is 2.28. The minimum Gasteiger partial charge on any atom is -0.493 e. The van der Waals surface area contributed by atoms with Crippen LogP contribution in [0.25, 0.3) is 11.3 Å². The van der Waals surface area contributed by atoms with Crippen LogP contribution in [0.4, 0.5) is 0 Å². The monoisotopic (exact) mass is 403 g/mol. The number of rotatable bonds is 9. The Hall–Kier alpha value is -1.97. The van der Waals surface area contributed by atoms with Crippen LogP contribution in [0.15, 0.2) is 52.9 Å². The third-order valence-electron chi connectivity index (χ3n) is 4.44. The molecular weight excluding hydrogens is 381 g/mol. The second-order valence-corrected chi connectivity index (χ2v) is 7.28. The van der Waals surface area contributed by atoms with Crippen LogP contribution in [0, 0.1) is 6.92 Å². The van der Waals surface area contributed by atoms with Crippen LogP contribution >= 0.6 is 23.2 Å². The van der Waals surface area contributed by atoms with Gasteiger partial charge in [-0.1, -0.05) is 54.8 Å². The molecule has 0 fully saturated rings. The van der Waals surface area contributed by atoms with Crippen LogP contribution in [0.2, 0.25) is 10.4 Å². The topological polar surface area (TPSA) is 35.3 Å². The molecule has 0 aliphatic carbocycles. The summed E-state index contributed by atoms with van der Waals surface area (Å²) in [6.07, 6.45) is 5.10. The molecule has 3 rings (SSSR count). The minimum atomic E-state index is 0.182. The molecule has 1 heterocycles. The van der Waals surface area contributed by atoms with Gasteiger partial charge >= 0.3 is 0 Å². The van der Waals surface area contributed by atoms with Crippen molar-refractivity contribution in [3.63, 3.8) is 0 Å². The van der Waals surface area contributed by atoms with Gasteiger partial charge in [0.05, 0.1) is 6.61 Å². The molecule has 0 saturated heterocycles. The zero-order chi connectivity index (χ0) is 19.1. The van der Waals surface area contributed by atoms with Crippen LogP contribution in [-0.2, 0) is 6.42 Å². The van der Waals surface area contributed by atoms with Gasteiger partial charge in [-0.3, -0.25) is 0 Å². The summed E-state index contributed by atoms with van der Waals surface area (Å²) in [6, 6.07) is 15.7. The van der Waals surface area contributed by atoms with E-state index in [0.29, 0.717) is 5.02 Å². The van der Waals surface area contributed by atoms with Crippen molar-refractivity contribution in [3.8, 4) is 17.0 Å². The molecule has 27 heavy (non-hydrogen) atoms. The van der Waals surface area contributed by atoms with E-state index in [1.807, 2.05) is 42.5 Å². The molecule has 0 unspecified atom stereocenters. The second kappa shape index (κ2) is 9.82. The smallest absolute Gasteiger partial charge is 0.292 e. The number of benzene rings is 2. The van der Waals surface area contributed by atoms with Crippen molar-refractivity contribution in [2.45, 2.75) is 39.0 Å². The Morgan fingerprint density at radius 1 is 0.926 bits per heavy atom. The van der Waals surface area contributed by atoms with Gasteiger partial charge in [-0.25, -0.2) is 0 Å². The number of unbranched alkanes of at least 4 members (excludes halogenated alkanes) is 3. The van der Waals surface area contributed by atoms with Gasteiger partial charge in [0.25, 0.3) is 5.35 Å². The summed E-state index contributed by atoms with van der Waals surface area (Å²) < 4.78 is 11.4. The fourth-order valence-electron chi connectivity index (χ4n) is 2.97. The molecule has 0 aliphatic heterocycles. The lowest BCUT2D eigenvalue weighted by atomic mass is 10.1. The average Bonchev–Trinajstić information content (AvgIpc) is 3.03. The molecule has 2 aromatic carbocycles. The average molecular weight is 404 g/mol. The largest absolute Gasteiger partial charge is 0.493 e. The van der Waals surface area contributed by atoms with Crippen LogP contribution < -0.4 is 4.74 Å². The highest BCUT2D eigenvalue weighted by molar-refractivity contribution is 6.30. The van der Waals surface area contributed by atoms with Gasteiger partial charge in [0.2, 0.25) is 0 Å². The fourth-order valence-corrected chi connectivity index (χ4v) is 3.27. The summed E-state index contributed by atoms with van der Waals surface area (Å²) >= 11 is 11.9. The maximum atomic E-state index is 5.98. The normalized spacial score (nSPS) is 10.9. The second-order valence-electron chi connectivity index (χ2n) is 6.52. The van der Waals surface area contributed by atoms with Gasteiger partial charge in [-0.15, -0.1) is 0 Å². The van der Waals surface area contributed by atoms with E-state index in [1.54, 1.807) is 0 Å². The highest BCUT2D eigenvalue weighted by Gasteiger charge is 2.13. The van der Waals surface area contributed by atoms with Crippen molar-refractivity contribution in [2.24, 2.45) is 0 Å². The van der Waals surface area contributed by atoms with Gasteiger partial charge in [-0.05, 0) is 55.1 Å². The van der Waals surface area contributed by atoms with E-state index in [1.165, 1.54) is 5.56 Å². The number of ether oxygens (including phenoxy) is 1. The molecule has 0 saturated carbocycles. The summed E-state index contributed by atoms with van der Waals surface area (Å²) in [6.45, 7) is 2.81. The van der Waals surface area contributed by atoms with Gasteiger partial charge < -0.3 is 9.15 Å². The molecule has 3 nitrogen and oxygen atoms in total. The van der Waals surface area contributed by atoms with Crippen molar-refractivity contribution < 1.29 is 9.15 Å². The van der Waals surface area contributed by atoms with Crippen LogP contribution in [0.5, 0.6) is 5.75 Å². The van der Waals surface area contributed by atoms with E-state index in [9.17, 15) is 0 Å². The molecule has 1 aromatic heterocycles. The highest BCUT2D eigenvalue weighted by atomic mass is 35.5. The Morgan fingerprint density at radius 2 is 1.67 bits per heavy atom. The number of para-hydroxylation sites is 1. The quantitative estimate of drug-likeness (QED) is 0.356. The van der Waals surface area contributed by atoms with Gasteiger partial charge in [0.15, 0.2) is 0 Å².